The molecule has 0 saturated heterocycles. The number of carbonyl (C=O) groups is 2. The lowest BCUT2D eigenvalue weighted by Gasteiger charge is -2.06. The van der Waals surface area contributed by atoms with E-state index in [9.17, 15) is 20.0 Å². The van der Waals surface area contributed by atoms with Gasteiger partial charge in [0.2, 0.25) is 0 Å². The molecule has 0 bridgehead atoms. The second-order valence-corrected chi connectivity index (χ2v) is 6.15. The van der Waals surface area contributed by atoms with Crippen LogP contribution < -0.4 is 15.2 Å². The van der Waals surface area contributed by atoms with Gasteiger partial charge in [0.15, 0.2) is 0 Å². The molecule has 0 atom stereocenters. The average molecular weight is 401 g/mol. The summed E-state index contributed by atoms with van der Waals surface area (Å²) in [5.74, 6) is -0.520. The molecule has 3 rings (SSSR count). The molecule has 1 N–H and O–H groups in total. The van der Waals surface area contributed by atoms with Crippen LogP contribution in [-0.4, -0.2) is 18.5 Å². The van der Waals surface area contributed by atoms with Crippen LogP contribution in [0.1, 0.15) is 23.0 Å². The average Bonchev–Trinajstić information content (AvgIpc) is 3.22. The zero-order valence-corrected chi connectivity index (χ0v) is 16.0. The van der Waals surface area contributed by atoms with Gasteiger partial charge in [-0.25, -0.2) is 0 Å². The summed E-state index contributed by atoms with van der Waals surface area (Å²) < 4.78 is 11.0. The number of hydrogen-bond donors (Lipinski definition) is 1. The van der Waals surface area contributed by atoms with E-state index in [0.29, 0.717) is 29.4 Å². The van der Waals surface area contributed by atoms with Crippen LogP contribution in [-0.2, 0) is 4.79 Å². The lowest BCUT2D eigenvalue weighted by molar-refractivity contribution is -0.255. The molecule has 1 aromatic heterocycles. The maximum atomic E-state index is 12.4. The minimum absolute atomic E-state index is 0.0217. The van der Waals surface area contributed by atoms with Crippen LogP contribution in [0.5, 0.6) is 5.75 Å². The third kappa shape index (κ3) is 4.94. The first-order valence-corrected chi connectivity index (χ1v) is 9.07. The van der Waals surface area contributed by atoms with Gasteiger partial charge in [-0.05, 0) is 55.0 Å². The van der Waals surface area contributed by atoms with E-state index in [2.05, 4.69) is 5.32 Å². The molecule has 7 heteroatoms. The first-order valence-electron chi connectivity index (χ1n) is 9.07. The van der Waals surface area contributed by atoms with Crippen molar-refractivity contribution < 1.29 is 23.8 Å². The fraction of sp³-hybridized carbons (Fsp3) is 0.0870. The number of carboxylic acids is 1. The molecular weight excluding hydrogens is 384 g/mol. The molecule has 3 aromatic rings. The zero-order chi connectivity index (χ0) is 21.5. The maximum absolute atomic E-state index is 12.4. The number of ether oxygens (including phenoxy) is 1. The van der Waals surface area contributed by atoms with Crippen molar-refractivity contribution in [1.29, 1.82) is 5.26 Å². The summed E-state index contributed by atoms with van der Waals surface area (Å²) in [5.41, 5.74) is 0.930. The molecule has 2 aromatic carbocycles. The highest BCUT2D eigenvalue weighted by Crippen LogP contribution is 2.24. The number of amides is 1. The molecule has 7 nitrogen and oxygen atoms in total. The third-order valence-corrected chi connectivity index (χ3v) is 4.08. The number of aromatic carboxylic acids is 1. The van der Waals surface area contributed by atoms with E-state index in [1.165, 1.54) is 18.2 Å². The first-order chi connectivity index (χ1) is 14.5. The van der Waals surface area contributed by atoms with E-state index in [0.717, 1.165) is 0 Å². The number of anilines is 1. The van der Waals surface area contributed by atoms with Crippen LogP contribution in [0.2, 0.25) is 0 Å². The molecule has 0 spiro atoms. The highest BCUT2D eigenvalue weighted by Gasteiger charge is 2.12. The minimum Gasteiger partial charge on any atom is -0.545 e. The van der Waals surface area contributed by atoms with Crippen LogP contribution in [0, 0.1) is 11.3 Å². The maximum Gasteiger partial charge on any atom is 0.266 e. The van der Waals surface area contributed by atoms with Crippen molar-refractivity contribution >= 4 is 23.6 Å². The van der Waals surface area contributed by atoms with Crippen molar-refractivity contribution in [3.63, 3.8) is 0 Å². The Balaban J connectivity index is 1.76. The monoisotopic (exact) mass is 401 g/mol. The molecule has 0 fully saturated rings. The standard InChI is InChI=1S/C23H18N2O5/c1-2-29-19-8-6-18(7-9-19)25-22(26)17(14-24)13-20-10-11-21(30-20)15-4-3-5-16(12-15)23(27)28/h3-13H,2H2,1H3,(H,25,26)(H,27,28)/p-1/b17-13+. The number of nitriles is 1. The van der Waals surface area contributed by atoms with E-state index in [1.807, 2.05) is 13.0 Å². The van der Waals surface area contributed by atoms with Crippen LogP contribution in [0.3, 0.4) is 0 Å². The van der Waals surface area contributed by atoms with Gasteiger partial charge in [-0.15, -0.1) is 0 Å². The molecule has 1 heterocycles. The van der Waals surface area contributed by atoms with E-state index < -0.39 is 11.9 Å². The van der Waals surface area contributed by atoms with E-state index in [1.54, 1.807) is 48.5 Å². The summed E-state index contributed by atoms with van der Waals surface area (Å²) in [6.07, 6.45) is 1.32. The summed E-state index contributed by atoms with van der Waals surface area (Å²) in [7, 11) is 0. The summed E-state index contributed by atoms with van der Waals surface area (Å²) in [5, 5.41) is 23.0. The fourth-order valence-corrected chi connectivity index (χ4v) is 2.68. The van der Waals surface area contributed by atoms with Crippen molar-refractivity contribution in [3.05, 3.63) is 77.6 Å². The van der Waals surface area contributed by atoms with E-state index in [-0.39, 0.29) is 16.9 Å². The third-order valence-electron chi connectivity index (χ3n) is 4.08. The Hall–Kier alpha value is -4.31. The SMILES string of the molecule is CCOc1ccc(NC(=O)/C(C#N)=C/c2ccc(-c3cccc(C(=O)[O-])c3)o2)cc1. The quantitative estimate of drug-likeness (QED) is 0.480. The number of furan rings is 1. The smallest absolute Gasteiger partial charge is 0.266 e. The predicted octanol–water partition coefficient (Wildman–Crippen LogP) is 3.25. The minimum atomic E-state index is -1.29. The number of benzene rings is 2. The zero-order valence-electron chi connectivity index (χ0n) is 16.0. The molecule has 0 aliphatic rings. The van der Waals surface area contributed by atoms with Crippen LogP contribution in [0.4, 0.5) is 5.69 Å². The highest BCUT2D eigenvalue weighted by atomic mass is 16.5. The Labute approximate surface area is 172 Å². The van der Waals surface area contributed by atoms with Crippen LogP contribution in [0.15, 0.2) is 70.7 Å². The second-order valence-electron chi connectivity index (χ2n) is 6.15. The van der Waals surface area contributed by atoms with Gasteiger partial charge in [0, 0.05) is 17.3 Å². The molecule has 0 radical (unpaired) electrons. The Morgan fingerprint density at radius 2 is 1.93 bits per heavy atom. The molecule has 0 unspecified atom stereocenters. The van der Waals surface area contributed by atoms with E-state index in [4.69, 9.17) is 9.15 Å². The highest BCUT2D eigenvalue weighted by molar-refractivity contribution is 6.09. The summed E-state index contributed by atoms with van der Waals surface area (Å²) in [4.78, 5) is 23.4. The Morgan fingerprint density at radius 3 is 2.60 bits per heavy atom. The van der Waals surface area contributed by atoms with Gasteiger partial charge in [-0.3, -0.25) is 4.79 Å². The summed E-state index contributed by atoms with van der Waals surface area (Å²) in [6, 6.07) is 17.9. The Bertz CT molecular complexity index is 1140. The van der Waals surface area contributed by atoms with Crippen molar-refractivity contribution in [2.75, 3.05) is 11.9 Å². The van der Waals surface area contributed by atoms with Crippen LogP contribution >= 0.6 is 0 Å². The van der Waals surface area contributed by atoms with Crippen molar-refractivity contribution in [3.8, 4) is 23.1 Å². The molecular formula is C23H17N2O5-. The van der Waals surface area contributed by atoms with Gasteiger partial charge in [-0.1, -0.05) is 18.2 Å². The van der Waals surface area contributed by atoms with Gasteiger partial charge >= 0.3 is 0 Å². The van der Waals surface area contributed by atoms with Crippen molar-refractivity contribution in [2.45, 2.75) is 6.92 Å². The van der Waals surface area contributed by atoms with E-state index >= 15 is 0 Å². The van der Waals surface area contributed by atoms with Crippen molar-refractivity contribution in [1.82, 2.24) is 0 Å². The molecule has 0 aliphatic heterocycles. The van der Waals surface area contributed by atoms with Gasteiger partial charge in [0.25, 0.3) is 5.91 Å². The Morgan fingerprint density at radius 1 is 1.17 bits per heavy atom. The molecule has 0 aliphatic carbocycles. The largest absolute Gasteiger partial charge is 0.545 e. The van der Waals surface area contributed by atoms with Gasteiger partial charge in [-0.2, -0.15) is 5.26 Å². The topological polar surface area (TPSA) is 115 Å². The number of hydrogen-bond acceptors (Lipinski definition) is 6. The number of nitrogens with zero attached hydrogens (tertiary/aromatic N) is 1. The predicted molar refractivity (Wildman–Crippen MR) is 108 cm³/mol. The molecule has 150 valence electrons. The van der Waals surface area contributed by atoms with Gasteiger partial charge in [0.05, 0.1) is 12.6 Å². The van der Waals surface area contributed by atoms with Gasteiger partial charge in [0.1, 0.15) is 28.9 Å². The summed E-state index contributed by atoms with van der Waals surface area (Å²) in [6.45, 7) is 2.41. The molecule has 0 saturated carbocycles. The number of nitrogens with one attached hydrogen (secondary N) is 1. The molecule has 30 heavy (non-hydrogen) atoms. The number of carboxylic acid groups (broad SMARTS) is 1. The lowest BCUT2D eigenvalue weighted by Crippen LogP contribution is -2.22. The fourth-order valence-electron chi connectivity index (χ4n) is 2.68. The normalized spacial score (nSPS) is 10.9. The first kappa shape index (κ1) is 20.4. The second kappa shape index (κ2) is 9.26. The van der Waals surface area contributed by atoms with Gasteiger partial charge < -0.3 is 24.4 Å². The summed E-state index contributed by atoms with van der Waals surface area (Å²) >= 11 is 0. The number of carbonyl (C=O) groups excluding carboxylic acids is 2. The van der Waals surface area contributed by atoms with Crippen LogP contribution in [0.25, 0.3) is 17.4 Å². The van der Waals surface area contributed by atoms with Crippen molar-refractivity contribution in [2.24, 2.45) is 0 Å². The lowest BCUT2D eigenvalue weighted by atomic mass is 10.1. The Kier molecular flexibility index (Phi) is 6.30. The number of rotatable bonds is 7. The molecule has 1 amide bonds.